The van der Waals surface area contributed by atoms with E-state index >= 15 is 0 Å². The summed E-state index contributed by atoms with van der Waals surface area (Å²) < 4.78 is 32.7. The van der Waals surface area contributed by atoms with Gasteiger partial charge in [0.25, 0.3) is 10.0 Å². The second-order valence-corrected chi connectivity index (χ2v) is 8.55. The Balaban J connectivity index is 1.64. The van der Waals surface area contributed by atoms with Crippen molar-refractivity contribution in [2.75, 3.05) is 6.61 Å². The van der Waals surface area contributed by atoms with Gasteiger partial charge in [0.2, 0.25) is 0 Å². The number of esters is 1. The molecule has 1 aliphatic carbocycles. The van der Waals surface area contributed by atoms with Crippen molar-refractivity contribution < 1.29 is 17.9 Å². The second-order valence-electron chi connectivity index (χ2n) is 6.43. The van der Waals surface area contributed by atoms with Crippen molar-refractivity contribution in [1.29, 1.82) is 0 Å². The molecule has 1 fully saturated rings. The van der Waals surface area contributed by atoms with Crippen LogP contribution in [0.15, 0.2) is 35.4 Å². The Bertz CT molecular complexity index is 900. The minimum atomic E-state index is -3.72. The predicted octanol–water partition coefficient (Wildman–Crippen LogP) is 3.38. The number of aromatic amines is 1. The van der Waals surface area contributed by atoms with E-state index in [0.717, 1.165) is 18.4 Å². The van der Waals surface area contributed by atoms with Crippen LogP contribution in [-0.4, -0.2) is 32.0 Å². The van der Waals surface area contributed by atoms with Gasteiger partial charge >= 0.3 is 5.97 Å². The lowest BCUT2D eigenvalue weighted by atomic mass is 9.76. The van der Waals surface area contributed by atoms with Gasteiger partial charge in [-0.2, -0.15) is 0 Å². The first-order valence-corrected chi connectivity index (χ1v) is 10.3. The molecular weight excluding hydrogens is 376 g/mol. The van der Waals surface area contributed by atoms with Crippen LogP contribution in [0.25, 0.3) is 0 Å². The zero-order chi connectivity index (χ0) is 18.9. The summed E-state index contributed by atoms with van der Waals surface area (Å²) in [5.41, 5.74) is 1.86. The van der Waals surface area contributed by atoms with Crippen LogP contribution in [0.1, 0.15) is 47.3 Å². The van der Waals surface area contributed by atoms with Gasteiger partial charge in [-0.25, -0.2) is 17.9 Å². The van der Waals surface area contributed by atoms with E-state index in [1.807, 2.05) is 24.3 Å². The van der Waals surface area contributed by atoms with Gasteiger partial charge in [0.05, 0.1) is 12.2 Å². The van der Waals surface area contributed by atoms with Gasteiger partial charge in [0.1, 0.15) is 5.03 Å². The lowest BCUT2D eigenvalue weighted by molar-refractivity contribution is 0.0525. The fourth-order valence-electron chi connectivity index (χ4n) is 3.10. The summed E-state index contributed by atoms with van der Waals surface area (Å²) in [5, 5.41) is 0.665. The molecular formula is C18H21ClN2O4S. The van der Waals surface area contributed by atoms with Crippen LogP contribution in [0.2, 0.25) is 5.02 Å². The Morgan fingerprint density at radius 1 is 1.31 bits per heavy atom. The normalized spacial score (nSPS) is 19.8. The fourth-order valence-corrected chi connectivity index (χ4v) is 4.54. The first-order valence-electron chi connectivity index (χ1n) is 8.44. The van der Waals surface area contributed by atoms with Crippen molar-refractivity contribution in [2.45, 2.75) is 43.7 Å². The summed E-state index contributed by atoms with van der Waals surface area (Å²) in [7, 11) is -3.72. The lowest BCUT2D eigenvalue weighted by Crippen LogP contribution is -2.43. The van der Waals surface area contributed by atoms with Crippen LogP contribution in [0.3, 0.4) is 0 Å². The molecule has 1 heterocycles. The molecule has 1 aromatic heterocycles. The minimum absolute atomic E-state index is 0.0204. The third-order valence-electron chi connectivity index (χ3n) is 4.58. The molecule has 0 aliphatic heterocycles. The number of nitrogens with one attached hydrogen (secondary N) is 2. The molecule has 0 radical (unpaired) electrons. The number of benzene rings is 1. The Hall–Kier alpha value is -1.83. The Labute approximate surface area is 158 Å². The molecule has 0 spiro atoms. The Morgan fingerprint density at radius 2 is 1.96 bits per heavy atom. The highest BCUT2D eigenvalue weighted by Crippen LogP contribution is 2.37. The van der Waals surface area contributed by atoms with Crippen LogP contribution in [-0.2, 0) is 14.8 Å². The van der Waals surface area contributed by atoms with E-state index in [4.69, 9.17) is 16.3 Å². The highest BCUT2D eigenvalue weighted by Gasteiger charge is 2.34. The summed E-state index contributed by atoms with van der Waals surface area (Å²) in [5.74, 6) is -0.213. The third-order valence-corrected chi connectivity index (χ3v) is 6.27. The van der Waals surface area contributed by atoms with Crippen LogP contribution in [0.4, 0.5) is 0 Å². The van der Waals surface area contributed by atoms with E-state index < -0.39 is 16.0 Å². The maximum absolute atomic E-state index is 12.6. The summed E-state index contributed by atoms with van der Waals surface area (Å²) >= 11 is 5.89. The number of halogens is 1. The molecule has 0 bridgehead atoms. The summed E-state index contributed by atoms with van der Waals surface area (Å²) in [6.45, 7) is 3.58. The maximum atomic E-state index is 12.6. The quantitative estimate of drug-likeness (QED) is 0.732. The number of H-pyrrole nitrogens is 1. The van der Waals surface area contributed by atoms with Crippen molar-refractivity contribution in [3.05, 3.63) is 52.2 Å². The van der Waals surface area contributed by atoms with Crippen molar-refractivity contribution in [3.63, 3.8) is 0 Å². The van der Waals surface area contributed by atoms with E-state index in [1.165, 1.54) is 6.07 Å². The summed E-state index contributed by atoms with van der Waals surface area (Å²) in [6.07, 6.45) is 1.45. The number of aryl methyl sites for hydroxylation is 1. The molecule has 0 atom stereocenters. The molecule has 1 aliphatic rings. The topological polar surface area (TPSA) is 88.3 Å². The van der Waals surface area contributed by atoms with E-state index in [1.54, 1.807) is 13.8 Å². The van der Waals surface area contributed by atoms with Gasteiger partial charge in [-0.05, 0) is 56.4 Å². The molecule has 6 nitrogen and oxygen atoms in total. The SMILES string of the molecule is CCOC(=O)c1cc(S(=O)(=O)N[C@H]2C[C@H](c3ccc(Cl)cc3)C2)[nH]c1C. The lowest BCUT2D eigenvalue weighted by Gasteiger charge is -2.35. The maximum Gasteiger partial charge on any atom is 0.339 e. The van der Waals surface area contributed by atoms with Crippen molar-refractivity contribution >= 4 is 27.6 Å². The van der Waals surface area contributed by atoms with E-state index in [0.29, 0.717) is 16.6 Å². The molecule has 26 heavy (non-hydrogen) atoms. The van der Waals surface area contributed by atoms with Gasteiger partial charge in [-0.15, -0.1) is 0 Å². The van der Waals surface area contributed by atoms with Gasteiger partial charge in [0.15, 0.2) is 0 Å². The summed E-state index contributed by atoms with van der Waals surface area (Å²) in [6, 6.07) is 8.82. The van der Waals surface area contributed by atoms with E-state index in [2.05, 4.69) is 9.71 Å². The molecule has 8 heteroatoms. The zero-order valence-electron chi connectivity index (χ0n) is 14.6. The molecule has 0 amide bonds. The number of sulfonamides is 1. The van der Waals surface area contributed by atoms with Crippen molar-refractivity contribution in [1.82, 2.24) is 9.71 Å². The highest BCUT2D eigenvalue weighted by molar-refractivity contribution is 7.89. The number of ether oxygens (including phenoxy) is 1. The van der Waals surface area contributed by atoms with Crippen molar-refractivity contribution in [2.24, 2.45) is 0 Å². The number of rotatable bonds is 6. The Kier molecular flexibility index (Phi) is 5.41. The van der Waals surface area contributed by atoms with Crippen LogP contribution < -0.4 is 4.72 Å². The molecule has 0 saturated heterocycles. The van der Waals surface area contributed by atoms with Crippen LogP contribution >= 0.6 is 11.6 Å². The van der Waals surface area contributed by atoms with Crippen LogP contribution in [0, 0.1) is 6.92 Å². The number of carbonyl (C=O) groups excluding carboxylic acids is 1. The predicted molar refractivity (Wildman–Crippen MR) is 99.0 cm³/mol. The average Bonchev–Trinajstić information content (AvgIpc) is 2.95. The van der Waals surface area contributed by atoms with Gasteiger partial charge in [-0.3, -0.25) is 0 Å². The number of carbonyl (C=O) groups is 1. The monoisotopic (exact) mass is 396 g/mol. The van der Waals surface area contributed by atoms with Gasteiger partial charge in [-0.1, -0.05) is 23.7 Å². The molecule has 1 saturated carbocycles. The smallest absolute Gasteiger partial charge is 0.339 e. The molecule has 140 valence electrons. The first kappa shape index (κ1) is 18.9. The zero-order valence-corrected chi connectivity index (χ0v) is 16.2. The first-order chi connectivity index (χ1) is 12.3. The molecule has 3 rings (SSSR count). The van der Waals surface area contributed by atoms with Crippen molar-refractivity contribution in [3.8, 4) is 0 Å². The number of aromatic nitrogens is 1. The van der Waals surface area contributed by atoms with Gasteiger partial charge < -0.3 is 9.72 Å². The second kappa shape index (κ2) is 7.42. The summed E-state index contributed by atoms with van der Waals surface area (Å²) in [4.78, 5) is 14.6. The molecule has 1 aromatic carbocycles. The molecule has 2 aromatic rings. The van der Waals surface area contributed by atoms with Gasteiger partial charge in [0, 0.05) is 16.8 Å². The Morgan fingerprint density at radius 3 is 2.58 bits per heavy atom. The van der Waals surface area contributed by atoms with Crippen LogP contribution in [0.5, 0.6) is 0 Å². The van der Waals surface area contributed by atoms with E-state index in [9.17, 15) is 13.2 Å². The fraction of sp³-hybridized carbons (Fsp3) is 0.389. The number of hydrogen-bond acceptors (Lipinski definition) is 4. The third kappa shape index (κ3) is 3.95. The standard InChI is InChI=1S/C18H21ClN2O4S/c1-3-25-18(22)16-10-17(20-11(16)2)26(23,24)21-15-8-13(9-15)12-4-6-14(19)7-5-12/h4-7,10,13,15,20-21H,3,8-9H2,1-2H3/t13-,15-. The van der Waals surface area contributed by atoms with E-state index in [-0.39, 0.29) is 23.2 Å². The average molecular weight is 397 g/mol. The molecule has 0 unspecified atom stereocenters. The largest absolute Gasteiger partial charge is 0.462 e. The minimum Gasteiger partial charge on any atom is -0.462 e. The number of hydrogen-bond donors (Lipinski definition) is 2. The highest BCUT2D eigenvalue weighted by atomic mass is 35.5. The molecule has 2 N–H and O–H groups in total.